The molecule has 2 atom stereocenters. The van der Waals surface area contributed by atoms with Crippen molar-refractivity contribution < 1.29 is 18.0 Å². The lowest BCUT2D eigenvalue weighted by molar-refractivity contribution is -0.137. The number of hydrogen-bond donors (Lipinski definition) is 2. The Kier molecular flexibility index (Phi) is 5.59. The van der Waals surface area contributed by atoms with Crippen molar-refractivity contribution in [2.75, 3.05) is 5.32 Å². The highest BCUT2D eigenvalue weighted by Crippen LogP contribution is 2.36. The van der Waals surface area contributed by atoms with Gasteiger partial charge in [0.05, 0.1) is 17.3 Å². The average molecular weight is 353 g/mol. The van der Waals surface area contributed by atoms with Crippen molar-refractivity contribution in [3.8, 4) is 0 Å². The molecule has 0 aliphatic heterocycles. The first kappa shape index (κ1) is 17.0. The zero-order chi connectivity index (χ0) is 15.5. The van der Waals surface area contributed by atoms with Gasteiger partial charge in [-0.25, -0.2) is 0 Å². The van der Waals surface area contributed by atoms with Crippen LogP contribution >= 0.6 is 15.9 Å². The van der Waals surface area contributed by atoms with Crippen LogP contribution in [-0.4, -0.2) is 11.9 Å². The maximum absolute atomic E-state index is 12.9. The van der Waals surface area contributed by atoms with Crippen LogP contribution in [0.15, 0.2) is 22.7 Å². The van der Waals surface area contributed by atoms with E-state index in [0.29, 0.717) is 6.42 Å². The number of anilines is 1. The van der Waals surface area contributed by atoms with Gasteiger partial charge in [-0.2, -0.15) is 13.2 Å². The Morgan fingerprint density at radius 2 is 2.05 bits per heavy atom. The van der Waals surface area contributed by atoms with E-state index in [4.69, 9.17) is 5.73 Å². The van der Waals surface area contributed by atoms with Crippen LogP contribution in [0.1, 0.15) is 25.8 Å². The zero-order valence-corrected chi connectivity index (χ0v) is 12.7. The topological polar surface area (TPSA) is 55.1 Å². The van der Waals surface area contributed by atoms with E-state index in [2.05, 4.69) is 21.2 Å². The molecule has 0 heterocycles. The summed E-state index contributed by atoms with van der Waals surface area (Å²) in [5.41, 5.74) is 4.51. The van der Waals surface area contributed by atoms with E-state index in [1.54, 1.807) is 6.92 Å². The van der Waals surface area contributed by atoms with Gasteiger partial charge in [-0.3, -0.25) is 4.79 Å². The van der Waals surface area contributed by atoms with Gasteiger partial charge in [0.15, 0.2) is 0 Å². The first-order valence-corrected chi connectivity index (χ1v) is 6.89. The van der Waals surface area contributed by atoms with Gasteiger partial charge in [0.25, 0.3) is 0 Å². The number of rotatable bonds is 4. The summed E-state index contributed by atoms with van der Waals surface area (Å²) in [5, 5.41) is 2.25. The minimum absolute atomic E-state index is 0.111. The van der Waals surface area contributed by atoms with E-state index < -0.39 is 23.7 Å². The number of hydrogen-bond acceptors (Lipinski definition) is 2. The third-order valence-electron chi connectivity index (χ3n) is 3.10. The van der Waals surface area contributed by atoms with Crippen LogP contribution in [0.4, 0.5) is 18.9 Å². The van der Waals surface area contributed by atoms with Crippen LogP contribution in [0.2, 0.25) is 0 Å². The molecule has 3 nitrogen and oxygen atoms in total. The lowest BCUT2D eigenvalue weighted by Crippen LogP contribution is -2.41. The Morgan fingerprint density at radius 3 is 2.55 bits per heavy atom. The highest BCUT2D eigenvalue weighted by atomic mass is 79.9. The molecule has 1 aromatic carbocycles. The molecule has 1 aromatic rings. The predicted octanol–water partition coefficient (Wildman–Crippen LogP) is 3.78. The summed E-state index contributed by atoms with van der Waals surface area (Å²) < 4.78 is 39.0. The average Bonchev–Trinajstić information content (AvgIpc) is 2.37. The number of nitrogens with two attached hydrogens (primary N) is 1. The molecule has 0 fully saturated rings. The van der Waals surface area contributed by atoms with Gasteiger partial charge >= 0.3 is 6.18 Å². The van der Waals surface area contributed by atoms with E-state index in [1.165, 1.54) is 12.1 Å². The smallest absolute Gasteiger partial charge is 0.324 e. The first-order valence-electron chi connectivity index (χ1n) is 6.10. The molecule has 1 amide bonds. The van der Waals surface area contributed by atoms with Crippen LogP contribution < -0.4 is 11.1 Å². The quantitative estimate of drug-likeness (QED) is 0.866. The van der Waals surface area contributed by atoms with Crippen LogP contribution in [0.25, 0.3) is 0 Å². The molecule has 3 N–H and O–H groups in total. The summed E-state index contributed by atoms with van der Waals surface area (Å²) in [5.74, 6) is -0.730. The Labute approximate surface area is 123 Å². The molecule has 0 aliphatic carbocycles. The first-order chi connectivity index (χ1) is 9.16. The zero-order valence-electron chi connectivity index (χ0n) is 11.1. The number of nitrogens with one attached hydrogen (secondary N) is 1. The Balaban J connectivity index is 3.01. The summed E-state index contributed by atoms with van der Waals surface area (Å²) in [6.07, 6.45) is -3.88. The third kappa shape index (κ3) is 4.21. The summed E-state index contributed by atoms with van der Waals surface area (Å²) in [6.45, 7) is 3.63. The Bertz CT molecular complexity index is 491. The van der Waals surface area contributed by atoms with Crippen LogP contribution in [0.3, 0.4) is 0 Å². The van der Waals surface area contributed by atoms with Gasteiger partial charge in [-0.05, 0) is 24.1 Å². The monoisotopic (exact) mass is 352 g/mol. The highest BCUT2D eigenvalue weighted by molar-refractivity contribution is 9.10. The van der Waals surface area contributed by atoms with E-state index in [9.17, 15) is 18.0 Å². The summed E-state index contributed by atoms with van der Waals surface area (Å²) >= 11 is 2.98. The molecular weight excluding hydrogens is 337 g/mol. The second-order valence-electron chi connectivity index (χ2n) is 4.59. The molecule has 7 heteroatoms. The Hall–Kier alpha value is -1.08. The standard InChI is InChI=1S/C13H16BrF3N2O/c1-3-7(2)11(18)12(20)19-10-5-4-8(14)6-9(10)13(15,16)17/h4-7,11H,3,18H2,1-2H3,(H,19,20)/t7?,11-/m0/s1. The largest absolute Gasteiger partial charge is 0.418 e. The maximum atomic E-state index is 12.9. The lowest BCUT2D eigenvalue weighted by Gasteiger charge is -2.20. The highest BCUT2D eigenvalue weighted by Gasteiger charge is 2.34. The van der Waals surface area contributed by atoms with Gasteiger partial charge in [0.2, 0.25) is 5.91 Å². The molecule has 0 bridgehead atoms. The number of halogens is 4. The molecular formula is C13H16BrF3N2O. The van der Waals surface area contributed by atoms with Crippen molar-refractivity contribution in [2.24, 2.45) is 11.7 Å². The fourth-order valence-corrected chi connectivity index (χ4v) is 1.95. The summed E-state index contributed by atoms with van der Waals surface area (Å²) in [4.78, 5) is 11.9. The molecule has 0 saturated heterocycles. The molecule has 0 spiro atoms. The molecule has 1 unspecified atom stereocenters. The van der Waals surface area contributed by atoms with Crippen molar-refractivity contribution in [2.45, 2.75) is 32.5 Å². The lowest BCUT2D eigenvalue weighted by atomic mass is 9.99. The molecule has 1 rings (SSSR count). The van der Waals surface area contributed by atoms with Crippen molar-refractivity contribution in [3.63, 3.8) is 0 Å². The van der Waals surface area contributed by atoms with Gasteiger partial charge in [0.1, 0.15) is 0 Å². The van der Waals surface area contributed by atoms with Crippen LogP contribution in [-0.2, 0) is 11.0 Å². The second-order valence-corrected chi connectivity index (χ2v) is 5.50. The number of carbonyl (C=O) groups excluding carboxylic acids is 1. The fraction of sp³-hybridized carbons (Fsp3) is 0.462. The summed E-state index contributed by atoms with van der Waals surface area (Å²) in [6, 6.07) is 2.71. The third-order valence-corrected chi connectivity index (χ3v) is 3.60. The van der Waals surface area contributed by atoms with Crippen molar-refractivity contribution in [1.82, 2.24) is 0 Å². The van der Waals surface area contributed by atoms with E-state index in [0.717, 1.165) is 6.07 Å². The van der Waals surface area contributed by atoms with Gasteiger partial charge in [0, 0.05) is 4.47 Å². The van der Waals surface area contributed by atoms with Gasteiger partial charge < -0.3 is 11.1 Å². The van der Waals surface area contributed by atoms with Gasteiger partial charge in [-0.15, -0.1) is 0 Å². The minimum Gasteiger partial charge on any atom is -0.324 e. The van der Waals surface area contributed by atoms with E-state index in [1.807, 2.05) is 6.92 Å². The van der Waals surface area contributed by atoms with Crippen molar-refractivity contribution in [3.05, 3.63) is 28.2 Å². The fourth-order valence-electron chi connectivity index (χ4n) is 1.59. The minimum atomic E-state index is -4.55. The molecule has 0 radical (unpaired) electrons. The second kappa shape index (κ2) is 6.58. The Morgan fingerprint density at radius 1 is 1.45 bits per heavy atom. The van der Waals surface area contributed by atoms with Crippen LogP contribution in [0.5, 0.6) is 0 Å². The maximum Gasteiger partial charge on any atom is 0.418 e. The number of amides is 1. The molecule has 0 saturated carbocycles. The molecule has 0 aromatic heterocycles. The summed E-state index contributed by atoms with van der Waals surface area (Å²) in [7, 11) is 0. The normalized spacial score (nSPS) is 14.8. The number of alkyl halides is 3. The van der Waals surface area contributed by atoms with E-state index >= 15 is 0 Å². The predicted molar refractivity (Wildman–Crippen MR) is 75.2 cm³/mol. The number of benzene rings is 1. The van der Waals surface area contributed by atoms with E-state index in [-0.39, 0.29) is 16.1 Å². The molecule has 20 heavy (non-hydrogen) atoms. The SMILES string of the molecule is CCC(C)[C@H](N)C(=O)Nc1ccc(Br)cc1C(F)(F)F. The van der Waals surface area contributed by atoms with Crippen LogP contribution in [0, 0.1) is 5.92 Å². The van der Waals surface area contributed by atoms with Crippen molar-refractivity contribution in [1.29, 1.82) is 0 Å². The molecule has 0 aliphatic rings. The van der Waals surface area contributed by atoms with Crippen molar-refractivity contribution >= 4 is 27.5 Å². The van der Waals surface area contributed by atoms with Gasteiger partial charge in [-0.1, -0.05) is 36.2 Å². The number of carbonyl (C=O) groups is 1. The molecule has 112 valence electrons.